The Bertz CT molecular complexity index is 102. The summed E-state index contributed by atoms with van der Waals surface area (Å²) in [4.78, 5) is 0. The highest BCUT2D eigenvalue weighted by molar-refractivity contribution is 4.61. The molecule has 0 aromatic rings. The van der Waals surface area contributed by atoms with Crippen molar-refractivity contribution in [3.63, 3.8) is 0 Å². The molecule has 1 rings (SSSR count). The van der Waals surface area contributed by atoms with Crippen LogP contribution in [0.2, 0.25) is 0 Å². The highest BCUT2D eigenvalue weighted by atomic mass is 16.3. The Morgan fingerprint density at radius 2 is 1.80 bits per heavy atom. The molecular weight excluding hydrogens is 126 g/mol. The van der Waals surface area contributed by atoms with Crippen molar-refractivity contribution in [3.8, 4) is 0 Å². The van der Waals surface area contributed by atoms with Crippen molar-refractivity contribution in [2.75, 3.05) is 33.8 Å². The summed E-state index contributed by atoms with van der Waals surface area (Å²) in [6.45, 7) is 2.84. The van der Waals surface area contributed by atoms with Gasteiger partial charge < -0.3 is 9.59 Å². The normalized spacial score (nSPS) is 26.7. The fraction of sp³-hybridized carbons (Fsp3) is 1.00. The Kier molecular flexibility index (Phi) is 2.32. The fourth-order valence-electron chi connectivity index (χ4n) is 1.50. The SMILES string of the molecule is C[N+]1(C)CCC(CO)CC1. The van der Waals surface area contributed by atoms with Gasteiger partial charge in [0.2, 0.25) is 0 Å². The zero-order valence-electron chi connectivity index (χ0n) is 7.01. The number of aliphatic hydroxyl groups is 1. The van der Waals surface area contributed by atoms with E-state index in [-0.39, 0.29) is 0 Å². The van der Waals surface area contributed by atoms with E-state index >= 15 is 0 Å². The Hall–Kier alpha value is -0.0800. The summed E-state index contributed by atoms with van der Waals surface area (Å²) >= 11 is 0. The number of likely N-dealkylation sites (tertiary alicyclic amines) is 1. The van der Waals surface area contributed by atoms with Gasteiger partial charge in [0.1, 0.15) is 0 Å². The monoisotopic (exact) mass is 144 g/mol. The van der Waals surface area contributed by atoms with Crippen LogP contribution in [0.1, 0.15) is 12.8 Å². The molecule has 1 aliphatic rings. The van der Waals surface area contributed by atoms with Crippen LogP contribution in [0.4, 0.5) is 0 Å². The van der Waals surface area contributed by atoms with E-state index in [1.807, 2.05) is 0 Å². The van der Waals surface area contributed by atoms with E-state index in [0.29, 0.717) is 12.5 Å². The molecule has 60 valence electrons. The van der Waals surface area contributed by atoms with E-state index in [9.17, 15) is 0 Å². The van der Waals surface area contributed by atoms with Gasteiger partial charge in [-0.15, -0.1) is 0 Å². The van der Waals surface area contributed by atoms with Gasteiger partial charge in [0.05, 0.1) is 27.2 Å². The third-order valence-electron chi connectivity index (χ3n) is 2.54. The van der Waals surface area contributed by atoms with Crippen LogP contribution < -0.4 is 0 Å². The molecule has 1 heterocycles. The lowest BCUT2D eigenvalue weighted by Gasteiger charge is -2.36. The predicted molar refractivity (Wildman–Crippen MR) is 41.7 cm³/mol. The lowest BCUT2D eigenvalue weighted by molar-refractivity contribution is -0.896. The Morgan fingerprint density at radius 3 is 2.20 bits per heavy atom. The number of nitrogens with zero attached hydrogens (tertiary/aromatic N) is 1. The third-order valence-corrected chi connectivity index (χ3v) is 2.54. The summed E-state index contributed by atoms with van der Waals surface area (Å²) in [5.74, 6) is 0.589. The first kappa shape index (κ1) is 8.02. The number of piperidine rings is 1. The molecule has 2 heteroatoms. The van der Waals surface area contributed by atoms with E-state index in [4.69, 9.17) is 5.11 Å². The molecule has 0 spiro atoms. The molecule has 10 heavy (non-hydrogen) atoms. The molecule has 0 saturated carbocycles. The van der Waals surface area contributed by atoms with Crippen molar-refractivity contribution in [2.24, 2.45) is 5.92 Å². The fourth-order valence-corrected chi connectivity index (χ4v) is 1.50. The van der Waals surface area contributed by atoms with Gasteiger partial charge in [-0.25, -0.2) is 0 Å². The summed E-state index contributed by atoms with van der Waals surface area (Å²) < 4.78 is 1.14. The average Bonchev–Trinajstić information content (AvgIpc) is 1.88. The Morgan fingerprint density at radius 1 is 1.30 bits per heavy atom. The smallest absolute Gasteiger partial charge is 0.0786 e. The maximum atomic E-state index is 8.85. The molecule has 0 aliphatic carbocycles. The first-order chi connectivity index (χ1) is 4.64. The highest BCUT2D eigenvalue weighted by Gasteiger charge is 2.24. The zero-order valence-corrected chi connectivity index (χ0v) is 7.01. The summed E-state index contributed by atoms with van der Waals surface area (Å²) in [6, 6.07) is 0. The minimum atomic E-state index is 0.389. The number of hydrogen-bond acceptors (Lipinski definition) is 1. The number of rotatable bonds is 1. The minimum Gasteiger partial charge on any atom is -0.396 e. The molecule has 1 fully saturated rings. The summed E-state index contributed by atoms with van der Waals surface area (Å²) in [7, 11) is 4.52. The van der Waals surface area contributed by atoms with Crippen LogP contribution in [-0.2, 0) is 0 Å². The standard InChI is InChI=1S/C8H18NO/c1-9(2)5-3-8(7-10)4-6-9/h8,10H,3-7H2,1-2H3/q+1. The van der Waals surface area contributed by atoms with E-state index in [1.54, 1.807) is 0 Å². The second-order valence-corrected chi connectivity index (χ2v) is 4.01. The van der Waals surface area contributed by atoms with Gasteiger partial charge in [0, 0.05) is 19.4 Å². The van der Waals surface area contributed by atoms with Gasteiger partial charge in [0.15, 0.2) is 0 Å². The second-order valence-electron chi connectivity index (χ2n) is 4.01. The molecule has 0 unspecified atom stereocenters. The van der Waals surface area contributed by atoms with Crippen LogP contribution in [0.15, 0.2) is 0 Å². The van der Waals surface area contributed by atoms with Crippen molar-refractivity contribution >= 4 is 0 Å². The molecule has 0 atom stereocenters. The van der Waals surface area contributed by atoms with Gasteiger partial charge in [-0.05, 0) is 5.92 Å². The largest absolute Gasteiger partial charge is 0.396 e. The van der Waals surface area contributed by atoms with Gasteiger partial charge in [-0.1, -0.05) is 0 Å². The molecule has 1 aliphatic heterocycles. The van der Waals surface area contributed by atoms with Crippen molar-refractivity contribution in [2.45, 2.75) is 12.8 Å². The number of quaternary nitrogens is 1. The van der Waals surface area contributed by atoms with Crippen molar-refractivity contribution in [1.82, 2.24) is 0 Å². The number of hydrogen-bond donors (Lipinski definition) is 1. The second kappa shape index (κ2) is 2.89. The Labute approximate surface area is 63.1 Å². The maximum Gasteiger partial charge on any atom is 0.0786 e. The quantitative estimate of drug-likeness (QED) is 0.530. The first-order valence-corrected chi connectivity index (χ1v) is 4.07. The average molecular weight is 144 g/mol. The lowest BCUT2D eigenvalue weighted by Crippen LogP contribution is -2.46. The highest BCUT2D eigenvalue weighted by Crippen LogP contribution is 2.18. The van der Waals surface area contributed by atoms with Gasteiger partial charge in [-0.2, -0.15) is 0 Å². The lowest BCUT2D eigenvalue weighted by atomic mass is 9.97. The molecular formula is C8H18NO+. The van der Waals surface area contributed by atoms with Crippen LogP contribution in [0.5, 0.6) is 0 Å². The topological polar surface area (TPSA) is 20.2 Å². The summed E-state index contributed by atoms with van der Waals surface area (Å²) in [5.41, 5.74) is 0. The number of aliphatic hydroxyl groups excluding tert-OH is 1. The van der Waals surface area contributed by atoms with Crippen LogP contribution in [0.25, 0.3) is 0 Å². The molecule has 0 aromatic carbocycles. The van der Waals surface area contributed by atoms with Crippen molar-refractivity contribution < 1.29 is 9.59 Å². The molecule has 2 nitrogen and oxygen atoms in total. The van der Waals surface area contributed by atoms with Crippen LogP contribution in [0, 0.1) is 5.92 Å². The molecule has 1 N–H and O–H groups in total. The molecule has 1 saturated heterocycles. The third kappa shape index (κ3) is 1.96. The molecule has 0 bridgehead atoms. The maximum absolute atomic E-state index is 8.85. The van der Waals surface area contributed by atoms with E-state index in [2.05, 4.69) is 14.1 Å². The van der Waals surface area contributed by atoms with Gasteiger partial charge in [0.25, 0.3) is 0 Å². The molecule has 0 amide bonds. The summed E-state index contributed by atoms with van der Waals surface area (Å²) in [6.07, 6.45) is 2.40. The molecule has 0 aromatic heterocycles. The van der Waals surface area contributed by atoms with Gasteiger partial charge >= 0.3 is 0 Å². The first-order valence-electron chi connectivity index (χ1n) is 4.07. The Balaban J connectivity index is 2.31. The van der Waals surface area contributed by atoms with Crippen molar-refractivity contribution in [1.29, 1.82) is 0 Å². The van der Waals surface area contributed by atoms with Crippen molar-refractivity contribution in [3.05, 3.63) is 0 Å². The van der Waals surface area contributed by atoms with Crippen LogP contribution in [0.3, 0.4) is 0 Å². The molecule has 0 radical (unpaired) electrons. The van der Waals surface area contributed by atoms with Crippen LogP contribution >= 0.6 is 0 Å². The predicted octanol–water partition coefficient (Wildman–Crippen LogP) is 0.465. The van der Waals surface area contributed by atoms with Gasteiger partial charge in [-0.3, -0.25) is 0 Å². The summed E-state index contributed by atoms with van der Waals surface area (Å²) in [5, 5.41) is 8.85. The van der Waals surface area contributed by atoms with E-state index in [1.165, 1.54) is 25.9 Å². The van der Waals surface area contributed by atoms with E-state index in [0.717, 1.165) is 4.48 Å². The van der Waals surface area contributed by atoms with Crippen LogP contribution in [-0.4, -0.2) is 43.4 Å². The zero-order chi connectivity index (χ0) is 7.61. The minimum absolute atomic E-state index is 0.389. The van der Waals surface area contributed by atoms with E-state index < -0.39 is 0 Å².